The van der Waals surface area contributed by atoms with Gasteiger partial charge in [0.1, 0.15) is 9.88 Å². The molecule has 0 atom stereocenters. The van der Waals surface area contributed by atoms with Crippen LogP contribution in [0.5, 0.6) is 0 Å². The molecule has 0 aliphatic heterocycles. The number of anilines is 1. The lowest BCUT2D eigenvalue weighted by Crippen LogP contribution is -2.19. The Morgan fingerprint density at radius 1 is 0.800 bits per heavy atom. The first-order chi connectivity index (χ1) is 16.7. The fourth-order valence-corrected chi connectivity index (χ4v) is 4.84. The molecule has 0 radical (unpaired) electrons. The first-order valence-corrected chi connectivity index (χ1v) is 12.4. The number of benzene rings is 2. The number of hydrogen-bond acceptors (Lipinski definition) is 6. The van der Waals surface area contributed by atoms with Crippen molar-refractivity contribution in [3.63, 3.8) is 0 Å². The molecule has 1 N–H and O–H groups in total. The maximum absolute atomic E-state index is 13.3. The second-order valence-corrected chi connectivity index (χ2v) is 9.82. The number of amides is 1. The summed E-state index contributed by atoms with van der Waals surface area (Å²) in [4.78, 5) is 39.1. The molecule has 2 aromatic carbocycles. The van der Waals surface area contributed by atoms with Gasteiger partial charge in [-0.15, -0.1) is 11.3 Å². The molecule has 0 aliphatic rings. The van der Waals surface area contributed by atoms with Gasteiger partial charge < -0.3 is 14.8 Å². The van der Waals surface area contributed by atoms with Gasteiger partial charge in [-0.1, -0.05) is 60.7 Å². The van der Waals surface area contributed by atoms with Crippen LogP contribution in [0.1, 0.15) is 76.8 Å². The molecule has 1 heterocycles. The van der Waals surface area contributed by atoms with Crippen molar-refractivity contribution in [1.29, 1.82) is 0 Å². The summed E-state index contributed by atoms with van der Waals surface area (Å²) in [6, 6.07) is 19.6. The Bertz CT molecular complexity index is 1130. The van der Waals surface area contributed by atoms with Crippen molar-refractivity contribution in [2.45, 2.75) is 59.2 Å². The predicted molar refractivity (Wildman–Crippen MR) is 138 cm³/mol. The van der Waals surface area contributed by atoms with Gasteiger partial charge in [0.25, 0.3) is 0 Å². The van der Waals surface area contributed by atoms with Crippen molar-refractivity contribution < 1.29 is 23.9 Å². The Labute approximate surface area is 210 Å². The van der Waals surface area contributed by atoms with Gasteiger partial charge in [0.05, 0.1) is 17.8 Å². The van der Waals surface area contributed by atoms with Gasteiger partial charge in [0.15, 0.2) is 0 Å². The van der Waals surface area contributed by atoms with Crippen LogP contribution < -0.4 is 5.32 Å². The Morgan fingerprint density at radius 3 is 1.77 bits per heavy atom. The van der Waals surface area contributed by atoms with Crippen LogP contribution >= 0.6 is 11.3 Å². The molecule has 7 heteroatoms. The van der Waals surface area contributed by atoms with E-state index >= 15 is 0 Å². The maximum Gasteiger partial charge on any atom is 0.348 e. The average Bonchev–Trinajstić information content (AvgIpc) is 3.13. The molecule has 3 rings (SSSR count). The minimum absolute atomic E-state index is 0.162. The van der Waals surface area contributed by atoms with Crippen LogP contribution in [-0.2, 0) is 14.3 Å². The highest BCUT2D eigenvalue weighted by atomic mass is 32.1. The van der Waals surface area contributed by atoms with Crippen LogP contribution in [0.3, 0.4) is 0 Å². The summed E-state index contributed by atoms with van der Waals surface area (Å²) in [5.41, 5.74) is 2.64. The number of thiophene rings is 1. The minimum Gasteiger partial charge on any atom is -0.459 e. The number of carbonyl (C=O) groups is 3. The van der Waals surface area contributed by atoms with E-state index in [9.17, 15) is 14.4 Å². The van der Waals surface area contributed by atoms with Crippen molar-refractivity contribution in [2.75, 3.05) is 5.32 Å². The summed E-state index contributed by atoms with van der Waals surface area (Å²) in [6.45, 7) is 8.67. The third-order valence-corrected chi connectivity index (χ3v) is 6.46. The zero-order valence-electron chi connectivity index (χ0n) is 20.7. The Balaban J connectivity index is 1.92. The first-order valence-electron chi connectivity index (χ1n) is 11.6. The maximum atomic E-state index is 13.3. The Hall–Kier alpha value is -3.45. The van der Waals surface area contributed by atoms with E-state index in [0.717, 1.165) is 22.5 Å². The molecular formula is C28H31NO5S. The normalized spacial score (nSPS) is 11.1. The van der Waals surface area contributed by atoms with E-state index < -0.39 is 11.9 Å². The molecule has 0 bridgehead atoms. The molecule has 0 spiro atoms. The molecule has 0 aliphatic carbocycles. The fourth-order valence-electron chi connectivity index (χ4n) is 3.74. The van der Waals surface area contributed by atoms with Crippen molar-refractivity contribution in [3.05, 3.63) is 87.8 Å². The molecule has 3 aromatic rings. The van der Waals surface area contributed by atoms with Gasteiger partial charge in [0, 0.05) is 12.3 Å². The van der Waals surface area contributed by atoms with Gasteiger partial charge >= 0.3 is 11.9 Å². The van der Waals surface area contributed by atoms with Gasteiger partial charge in [-0.05, 0) is 51.3 Å². The van der Waals surface area contributed by atoms with Crippen LogP contribution in [0, 0.1) is 6.92 Å². The van der Waals surface area contributed by atoms with E-state index in [0.29, 0.717) is 5.56 Å². The quantitative estimate of drug-likeness (QED) is 0.351. The molecule has 6 nitrogen and oxygen atoms in total. The highest BCUT2D eigenvalue weighted by Gasteiger charge is 2.29. The molecule has 35 heavy (non-hydrogen) atoms. The number of carbonyl (C=O) groups excluding carboxylic acids is 3. The van der Waals surface area contributed by atoms with E-state index in [1.807, 2.05) is 60.7 Å². The zero-order valence-corrected chi connectivity index (χ0v) is 21.5. The number of esters is 2. The minimum atomic E-state index is -0.588. The highest BCUT2D eigenvalue weighted by molar-refractivity contribution is 7.18. The van der Waals surface area contributed by atoms with Gasteiger partial charge in [0.2, 0.25) is 5.91 Å². The Kier molecular flexibility index (Phi) is 8.82. The van der Waals surface area contributed by atoms with Crippen LogP contribution in [0.4, 0.5) is 5.00 Å². The number of rotatable bonds is 9. The van der Waals surface area contributed by atoms with E-state index in [2.05, 4.69) is 5.32 Å². The van der Waals surface area contributed by atoms with Crippen LogP contribution in [0.25, 0.3) is 0 Å². The van der Waals surface area contributed by atoms with Crippen LogP contribution in [0.15, 0.2) is 60.7 Å². The zero-order chi connectivity index (χ0) is 25.5. The van der Waals surface area contributed by atoms with Crippen molar-refractivity contribution >= 4 is 34.2 Å². The topological polar surface area (TPSA) is 81.7 Å². The molecule has 1 amide bonds. The summed E-state index contributed by atoms with van der Waals surface area (Å²) in [5, 5.41) is 3.16. The lowest BCUT2D eigenvalue weighted by Gasteiger charge is -2.18. The van der Waals surface area contributed by atoms with Crippen LogP contribution in [0.2, 0.25) is 0 Å². The third kappa shape index (κ3) is 6.79. The summed E-state index contributed by atoms with van der Waals surface area (Å²) in [7, 11) is 0. The SMILES string of the molecule is Cc1c(C(=O)OC(C)C)sc(NC(=O)CC(c2ccccc2)c2ccccc2)c1C(=O)OC(C)C. The first kappa shape index (κ1) is 26.2. The molecule has 0 fully saturated rings. The number of nitrogens with one attached hydrogen (secondary N) is 1. The van der Waals surface area contributed by atoms with E-state index in [4.69, 9.17) is 9.47 Å². The highest BCUT2D eigenvalue weighted by Crippen LogP contribution is 2.36. The Morgan fingerprint density at radius 2 is 1.29 bits per heavy atom. The lowest BCUT2D eigenvalue weighted by molar-refractivity contribution is -0.116. The standard InChI is InChI=1S/C28H31NO5S/c1-17(2)33-27(31)24-19(5)25(28(32)34-18(3)4)35-26(24)29-23(30)16-22(20-12-8-6-9-13-20)21-14-10-7-11-15-21/h6-15,17-18,22H,16H2,1-5H3,(H,29,30). The molecular weight excluding hydrogens is 462 g/mol. The van der Waals surface area contributed by atoms with Gasteiger partial charge in [-0.3, -0.25) is 4.79 Å². The second-order valence-electron chi connectivity index (χ2n) is 8.79. The summed E-state index contributed by atoms with van der Waals surface area (Å²) in [5.74, 6) is -1.57. The molecule has 0 unspecified atom stereocenters. The van der Waals surface area contributed by atoms with Crippen molar-refractivity contribution in [1.82, 2.24) is 0 Å². The van der Waals surface area contributed by atoms with Gasteiger partial charge in [-0.2, -0.15) is 0 Å². The van der Waals surface area contributed by atoms with Crippen molar-refractivity contribution in [2.24, 2.45) is 0 Å². The van der Waals surface area contributed by atoms with Crippen LogP contribution in [-0.4, -0.2) is 30.1 Å². The van der Waals surface area contributed by atoms with E-state index in [1.165, 1.54) is 0 Å². The second kappa shape index (κ2) is 11.8. The average molecular weight is 494 g/mol. The predicted octanol–water partition coefficient (Wildman–Crippen LogP) is 6.35. The molecule has 1 aromatic heterocycles. The van der Waals surface area contributed by atoms with E-state index in [1.54, 1.807) is 34.6 Å². The largest absolute Gasteiger partial charge is 0.459 e. The molecule has 0 saturated heterocycles. The monoisotopic (exact) mass is 493 g/mol. The summed E-state index contributed by atoms with van der Waals surface area (Å²) >= 11 is 1.03. The van der Waals surface area contributed by atoms with Crippen molar-refractivity contribution in [3.8, 4) is 0 Å². The van der Waals surface area contributed by atoms with E-state index in [-0.39, 0.29) is 45.9 Å². The summed E-state index contributed by atoms with van der Waals surface area (Å²) in [6.07, 6.45) is -0.502. The lowest BCUT2D eigenvalue weighted by atomic mass is 9.88. The third-order valence-electron chi connectivity index (χ3n) is 5.27. The number of ether oxygens (including phenoxy) is 2. The number of hydrogen-bond donors (Lipinski definition) is 1. The fraction of sp³-hybridized carbons (Fsp3) is 0.321. The summed E-state index contributed by atoms with van der Waals surface area (Å²) < 4.78 is 10.7. The molecule has 0 saturated carbocycles. The molecule has 184 valence electrons. The smallest absolute Gasteiger partial charge is 0.348 e. The van der Waals surface area contributed by atoms with Gasteiger partial charge in [-0.25, -0.2) is 9.59 Å².